The SMILES string of the molecule is CCN(CCO)c1ccc(NC(C)CS(C)(=O)=O)cc1. The van der Waals surface area contributed by atoms with Crippen molar-refractivity contribution >= 4 is 21.2 Å². The Balaban J connectivity index is 2.66. The Hall–Kier alpha value is -1.27. The van der Waals surface area contributed by atoms with Crippen LogP contribution in [0.3, 0.4) is 0 Å². The summed E-state index contributed by atoms with van der Waals surface area (Å²) in [6.45, 7) is 5.44. The molecule has 0 spiro atoms. The van der Waals surface area contributed by atoms with Crippen LogP contribution in [-0.4, -0.2) is 51.3 Å². The number of nitrogens with one attached hydrogen (secondary N) is 1. The lowest BCUT2D eigenvalue weighted by Crippen LogP contribution is -2.26. The van der Waals surface area contributed by atoms with Gasteiger partial charge in [-0.1, -0.05) is 0 Å². The number of anilines is 2. The molecule has 1 rings (SSSR count). The molecule has 0 saturated carbocycles. The molecule has 20 heavy (non-hydrogen) atoms. The van der Waals surface area contributed by atoms with Crippen LogP contribution in [0.2, 0.25) is 0 Å². The maximum absolute atomic E-state index is 11.2. The average molecular weight is 300 g/mol. The van der Waals surface area contributed by atoms with Crippen LogP contribution in [0.1, 0.15) is 13.8 Å². The van der Waals surface area contributed by atoms with Gasteiger partial charge in [0.1, 0.15) is 9.84 Å². The average Bonchev–Trinajstić information content (AvgIpc) is 2.34. The molecular weight excluding hydrogens is 276 g/mol. The number of likely N-dealkylation sites (N-methyl/N-ethyl adjacent to an activating group) is 1. The number of sulfone groups is 1. The molecule has 0 fully saturated rings. The van der Waals surface area contributed by atoms with Gasteiger partial charge in [-0.25, -0.2) is 8.42 Å². The zero-order chi connectivity index (χ0) is 15.2. The fraction of sp³-hybridized carbons (Fsp3) is 0.571. The first-order valence-electron chi connectivity index (χ1n) is 6.76. The zero-order valence-corrected chi connectivity index (χ0v) is 13.2. The molecule has 5 nitrogen and oxygen atoms in total. The summed E-state index contributed by atoms with van der Waals surface area (Å²) in [6.07, 6.45) is 1.24. The number of rotatable bonds is 8. The third-order valence-electron chi connectivity index (χ3n) is 2.95. The van der Waals surface area contributed by atoms with E-state index in [2.05, 4.69) is 10.2 Å². The van der Waals surface area contributed by atoms with Gasteiger partial charge in [0.05, 0.1) is 12.4 Å². The van der Waals surface area contributed by atoms with Crippen LogP contribution in [0.25, 0.3) is 0 Å². The highest BCUT2D eigenvalue weighted by atomic mass is 32.2. The number of hydrogen-bond donors (Lipinski definition) is 2. The van der Waals surface area contributed by atoms with Crippen molar-refractivity contribution in [3.05, 3.63) is 24.3 Å². The van der Waals surface area contributed by atoms with Crippen molar-refractivity contribution in [1.29, 1.82) is 0 Å². The summed E-state index contributed by atoms with van der Waals surface area (Å²) in [5, 5.41) is 12.2. The number of aliphatic hydroxyl groups excluding tert-OH is 1. The Morgan fingerprint density at radius 3 is 2.35 bits per heavy atom. The monoisotopic (exact) mass is 300 g/mol. The molecule has 0 saturated heterocycles. The molecule has 0 heterocycles. The number of nitrogens with zero attached hydrogens (tertiary/aromatic N) is 1. The van der Waals surface area contributed by atoms with E-state index in [-0.39, 0.29) is 18.4 Å². The smallest absolute Gasteiger partial charge is 0.149 e. The molecule has 0 aliphatic heterocycles. The Morgan fingerprint density at radius 1 is 1.30 bits per heavy atom. The lowest BCUT2D eigenvalue weighted by molar-refractivity contribution is 0.302. The van der Waals surface area contributed by atoms with Gasteiger partial charge in [0, 0.05) is 36.8 Å². The van der Waals surface area contributed by atoms with Crippen molar-refractivity contribution in [3.8, 4) is 0 Å². The van der Waals surface area contributed by atoms with Crippen LogP contribution in [0.15, 0.2) is 24.3 Å². The molecule has 2 N–H and O–H groups in total. The summed E-state index contributed by atoms with van der Waals surface area (Å²) in [4.78, 5) is 2.07. The lowest BCUT2D eigenvalue weighted by atomic mass is 10.2. The van der Waals surface area contributed by atoms with Crippen LogP contribution >= 0.6 is 0 Å². The van der Waals surface area contributed by atoms with Crippen molar-refractivity contribution < 1.29 is 13.5 Å². The van der Waals surface area contributed by atoms with Crippen LogP contribution < -0.4 is 10.2 Å². The number of benzene rings is 1. The van der Waals surface area contributed by atoms with E-state index in [4.69, 9.17) is 5.11 Å². The van der Waals surface area contributed by atoms with E-state index in [1.54, 1.807) is 0 Å². The Morgan fingerprint density at radius 2 is 1.90 bits per heavy atom. The van der Waals surface area contributed by atoms with Gasteiger partial charge in [-0.3, -0.25) is 0 Å². The summed E-state index contributed by atoms with van der Waals surface area (Å²) in [5.74, 6) is 0.111. The highest BCUT2D eigenvalue weighted by molar-refractivity contribution is 7.90. The predicted octanol–water partition coefficient (Wildman–Crippen LogP) is 1.35. The normalized spacial score (nSPS) is 13.0. The van der Waals surface area contributed by atoms with Crippen LogP contribution in [0.4, 0.5) is 11.4 Å². The molecule has 1 aromatic rings. The third kappa shape index (κ3) is 5.79. The van der Waals surface area contributed by atoms with Gasteiger partial charge in [0.15, 0.2) is 0 Å². The maximum Gasteiger partial charge on any atom is 0.149 e. The molecule has 1 aromatic carbocycles. The van der Waals surface area contributed by atoms with E-state index < -0.39 is 9.84 Å². The lowest BCUT2D eigenvalue weighted by Gasteiger charge is -2.22. The molecule has 1 atom stereocenters. The minimum atomic E-state index is -2.97. The van der Waals surface area contributed by atoms with Crippen molar-refractivity contribution in [2.75, 3.05) is 41.9 Å². The second-order valence-corrected chi connectivity index (χ2v) is 7.17. The van der Waals surface area contributed by atoms with E-state index in [0.717, 1.165) is 17.9 Å². The van der Waals surface area contributed by atoms with Crippen molar-refractivity contribution in [3.63, 3.8) is 0 Å². The molecule has 0 aliphatic carbocycles. The van der Waals surface area contributed by atoms with Crippen LogP contribution in [0.5, 0.6) is 0 Å². The molecule has 0 aromatic heterocycles. The predicted molar refractivity (Wildman–Crippen MR) is 84.2 cm³/mol. The van der Waals surface area contributed by atoms with Crippen LogP contribution in [-0.2, 0) is 9.84 Å². The van der Waals surface area contributed by atoms with E-state index in [1.165, 1.54) is 6.26 Å². The summed E-state index contributed by atoms with van der Waals surface area (Å²) < 4.78 is 22.4. The van der Waals surface area contributed by atoms with Gasteiger partial charge in [-0.2, -0.15) is 0 Å². The highest BCUT2D eigenvalue weighted by Crippen LogP contribution is 2.18. The minimum absolute atomic E-state index is 0.111. The van der Waals surface area contributed by atoms with E-state index >= 15 is 0 Å². The fourth-order valence-corrected chi connectivity index (χ4v) is 3.13. The van der Waals surface area contributed by atoms with Crippen molar-refractivity contribution in [2.24, 2.45) is 0 Å². The summed E-state index contributed by atoms with van der Waals surface area (Å²) >= 11 is 0. The Labute approximate surface area is 121 Å². The maximum atomic E-state index is 11.2. The molecular formula is C14H24N2O3S. The minimum Gasteiger partial charge on any atom is -0.395 e. The Kier molecular flexibility index (Phi) is 6.29. The first-order valence-corrected chi connectivity index (χ1v) is 8.82. The van der Waals surface area contributed by atoms with Crippen molar-refractivity contribution in [1.82, 2.24) is 0 Å². The van der Waals surface area contributed by atoms with Crippen molar-refractivity contribution in [2.45, 2.75) is 19.9 Å². The molecule has 114 valence electrons. The Bertz CT molecular complexity index is 500. The van der Waals surface area contributed by atoms with Gasteiger partial charge in [0.25, 0.3) is 0 Å². The van der Waals surface area contributed by atoms with E-state index in [1.807, 2.05) is 38.1 Å². The molecule has 0 amide bonds. The van der Waals surface area contributed by atoms with Gasteiger partial charge >= 0.3 is 0 Å². The number of aliphatic hydroxyl groups is 1. The van der Waals surface area contributed by atoms with Gasteiger partial charge in [-0.15, -0.1) is 0 Å². The largest absolute Gasteiger partial charge is 0.395 e. The summed E-state index contributed by atoms with van der Waals surface area (Å²) in [6, 6.07) is 7.65. The topological polar surface area (TPSA) is 69.6 Å². The number of hydrogen-bond acceptors (Lipinski definition) is 5. The fourth-order valence-electron chi connectivity index (χ4n) is 2.14. The second kappa shape index (κ2) is 7.50. The van der Waals surface area contributed by atoms with E-state index in [0.29, 0.717) is 6.54 Å². The quantitative estimate of drug-likeness (QED) is 0.758. The summed E-state index contributed by atoms with van der Waals surface area (Å²) in [5.41, 5.74) is 1.94. The second-order valence-electron chi connectivity index (χ2n) is 4.99. The standard InChI is InChI=1S/C14H24N2O3S/c1-4-16(9-10-17)14-7-5-13(6-8-14)15-12(2)11-20(3,18)19/h5-8,12,15,17H,4,9-11H2,1-3H3. The third-order valence-corrected chi connectivity index (χ3v) is 4.06. The first-order chi connectivity index (χ1) is 9.35. The zero-order valence-electron chi connectivity index (χ0n) is 12.3. The molecule has 0 aliphatic rings. The van der Waals surface area contributed by atoms with Gasteiger partial charge in [-0.05, 0) is 38.1 Å². The molecule has 6 heteroatoms. The molecule has 0 bridgehead atoms. The summed E-state index contributed by atoms with van der Waals surface area (Å²) in [7, 11) is -2.97. The first kappa shape index (κ1) is 16.8. The molecule has 0 radical (unpaired) electrons. The van der Waals surface area contributed by atoms with E-state index in [9.17, 15) is 8.42 Å². The van der Waals surface area contributed by atoms with Gasteiger partial charge in [0.2, 0.25) is 0 Å². The highest BCUT2D eigenvalue weighted by Gasteiger charge is 2.10. The van der Waals surface area contributed by atoms with Gasteiger partial charge < -0.3 is 15.3 Å². The van der Waals surface area contributed by atoms with Crippen LogP contribution in [0, 0.1) is 0 Å². The molecule has 1 unspecified atom stereocenters.